The molecule has 1 fully saturated rings. The number of carbonyl (C=O) groups excluding carboxylic acids is 1. The Labute approximate surface area is 118 Å². The molecule has 0 aromatic heterocycles. The van der Waals surface area contributed by atoms with Crippen LogP contribution in [0.2, 0.25) is 0 Å². The molecule has 2 amide bonds. The number of rotatable bonds is 4. The number of urea groups is 1. The number of aromatic carboxylic acids is 1. The summed E-state index contributed by atoms with van der Waals surface area (Å²) in [4.78, 5) is 24.5. The summed E-state index contributed by atoms with van der Waals surface area (Å²) in [7, 11) is 0. The topological polar surface area (TPSA) is 69.6 Å². The maximum atomic E-state index is 11.9. The Hall–Kier alpha value is -2.04. The van der Waals surface area contributed by atoms with Crippen LogP contribution in [0.5, 0.6) is 0 Å². The first-order valence-corrected chi connectivity index (χ1v) is 6.94. The second-order valence-corrected chi connectivity index (χ2v) is 5.17. The molecule has 0 radical (unpaired) electrons. The van der Waals surface area contributed by atoms with E-state index in [-0.39, 0.29) is 11.6 Å². The minimum atomic E-state index is -0.923. The maximum Gasteiger partial charge on any atom is 0.335 e. The van der Waals surface area contributed by atoms with Crippen LogP contribution in [0.1, 0.15) is 35.7 Å². The normalized spacial score (nSPS) is 18.1. The van der Waals surface area contributed by atoms with Crippen LogP contribution in [0.4, 0.5) is 4.79 Å². The monoisotopic (exact) mass is 276 g/mol. The first-order valence-electron chi connectivity index (χ1n) is 6.94. The lowest BCUT2D eigenvalue weighted by Gasteiger charge is -2.21. The zero-order valence-electron chi connectivity index (χ0n) is 11.6. The highest BCUT2D eigenvalue weighted by molar-refractivity contribution is 5.87. The molecule has 0 bridgehead atoms. The molecule has 5 nitrogen and oxygen atoms in total. The lowest BCUT2D eigenvalue weighted by Crippen LogP contribution is -2.42. The van der Waals surface area contributed by atoms with Crippen LogP contribution < -0.4 is 5.32 Å². The molecule has 2 N–H and O–H groups in total. The minimum Gasteiger partial charge on any atom is -0.478 e. The third kappa shape index (κ3) is 3.50. The Morgan fingerprint density at radius 2 is 2.05 bits per heavy atom. The van der Waals surface area contributed by atoms with Crippen LogP contribution in [0.25, 0.3) is 0 Å². The quantitative estimate of drug-likeness (QED) is 0.885. The number of likely N-dealkylation sites (tertiary alicyclic amines) is 1. The van der Waals surface area contributed by atoms with Crippen LogP contribution in [-0.4, -0.2) is 41.1 Å². The smallest absolute Gasteiger partial charge is 0.335 e. The molecule has 108 valence electrons. The Bertz CT molecular complexity index is 484. The van der Waals surface area contributed by atoms with Crippen LogP contribution in [0.3, 0.4) is 0 Å². The standard InChI is InChI=1S/C15H20N2O3/c1-11-3-2-10-17(11)15(20)16-9-8-12-4-6-13(7-5-12)14(18)19/h4-7,11H,2-3,8-10H2,1H3,(H,16,20)(H,18,19). The van der Waals surface area contributed by atoms with Gasteiger partial charge in [0.05, 0.1) is 5.56 Å². The summed E-state index contributed by atoms with van der Waals surface area (Å²) in [5.74, 6) is -0.923. The van der Waals surface area contributed by atoms with Crippen LogP contribution in [0, 0.1) is 0 Å². The van der Waals surface area contributed by atoms with E-state index in [1.54, 1.807) is 24.3 Å². The fourth-order valence-electron chi connectivity index (χ4n) is 2.46. The summed E-state index contributed by atoms with van der Waals surface area (Å²) in [6.45, 7) is 3.46. The van der Waals surface area contributed by atoms with Crippen molar-refractivity contribution in [3.05, 3.63) is 35.4 Å². The molecule has 1 aliphatic heterocycles. The van der Waals surface area contributed by atoms with Gasteiger partial charge in [0.15, 0.2) is 0 Å². The molecule has 1 aromatic rings. The third-order valence-corrected chi connectivity index (χ3v) is 3.70. The fourth-order valence-corrected chi connectivity index (χ4v) is 2.46. The van der Waals surface area contributed by atoms with E-state index in [0.717, 1.165) is 24.9 Å². The van der Waals surface area contributed by atoms with Gasteiger partial charge in [-0.2, -0.15) is 0 Å². The molecule has 1 aliphatic rings. The van der Waals surface area contributed by atoms with Crippen LogP contribution >= 0.6 is 0 Å². The number of amides is 2. The van der Waals surface area contributed by atoms with Crippen molar-refractivity contribution in [3.63, 3.8) is 0 Å². The van der Waals surface area contributed by atoms with Crippen molar-refractivity contribution in [2.45, 2.75) is 32.2 Å². The molecule has 20 heavy (non-hydrogen) atoms. The zero-order chi connectivity index (χ0) is 14.5. The molecule has 0 aliphatic carbocycles. The summed E-state index contributed by atoms with van der Waals surface area (Å²) < 4.78 is 0. The van der Waals surface area contributed by atoms with Gasteiger partial charge < -0.3 is 15.3 Å². The van der Waals surface area contributed by atoms with Gasteiger partial charge in [-0.05, 0) is 43.9 Å². The fraction of sp³-hybridized carbons (Fsp3) is 0.467. The Balaban J connectivity index is 1.78. The van der Waals surface area contributed by atoms with E-state index in [1.165, 1.54) is 0 Å². The van der Waals surface area contributed by atoms with E-state index in [1.807, 2.05) is 4.90 Å². The second-order valence-electron chi connectivity index (χ2n) is 5.17. The highest BCUT2D eigenvalue weighted by atomic mass is 16.4. The Morgan fingerprint density at radius 3 is 2.60 bits per heavy atom. The van der Waals surface area contributed by atoms with Crippen molar-refractivity contribution in [1.29, 1.82) is 0 Å². The first kappa shape index (κ1) is 14.4. The van der Waals surface area contributed by atoms with Gasteiger partial charge in [0.2, 0.25) is 0 Å². The van der Waals surface area contributed by atoms with E-state index < -0.39 is 5.97 Å². The van der Waals surface area contributed by atoms with Crippen molar-refractivity contribution in [1.82, 2.24) is 10.2 Å². The van der Waals surface area contributed by atoms with Gasteiger partial charge in [0.1, 0.15) is 0 Å². The SMILES string of the molecule is CC1CCCN1C(=O)NCCc1ccc(C(=O)O)cc1. The third-order valence-electron chi connectivity index (χ3n) is 3.70. The van der Waals surface area contributed by atoms with Gasteiger partial charge >= 0.3 is 12.0 Å². The first-order chi connectivity index (χ1) is 9.58. The van der Waals surface area contributed by atoms with E-state index >= 15 is 0 Å². The summed E-state index contributed by atoms with van der Waals surface area (Å²) in [6.07, 6.45) is 2.85. The number of hydrogen-bond donors (Lipinski definition) is 2. The van der Waals surface area contributed by atoms with Crippen molar-refractivity contribution < 1.29 is 14.7 Å². The number of carboxylic acids is 1. The largest absolute Gasteiger partial charge is 0.478 e. The molecule has 1 atom stereocenters. The van der Waals surface area contributed by atoms with Crippen molar-refractivity contribution in [3.8, 4) is 0 Å². The van der Waals surface area contributed by atoms with E-state index in [9.17, 15) is 9.59 Å². The summed E-state index contributed by atoms with van der Waals surface area (Å²) in [5.41, 5.74) is 1.30. The van der Waals surface area contributed by atoms with Gasteiger partial charge in [0, 0.05) is 19.1 Å². The average Bonchev–Trinajstić information content (AvgIpc) is 2.85. The molecule has 0 spiro atoms. The Morgan fingerprint density at radius 1 is 1.35 bits per heavy atom. The summed E-state index contributed by atoms with van der Waals surface area (Å²) >= 11 is 0. The molecule has 0 saturated carbocycles. The molecule has 1 saturated heterocycles. The molecule has 1 heterocycles. The predicted octanol–water partition coefficient (Wildman–Crippen LogP) is 2.12. The lowest BCUT2D eigenvalue weighted by molar-refractivity contribution is 0.0697. The van der Waals surface area contributed by atoms with Crippen molar-refractivity contribution in [2.24, 2.45) is 0 Å². The molecule has 1 aromatic carbocycles. The van der Waals surface area contributed by atoms with Gasteiger partial charge in [0.25, 0.3) is 0 Å². The minimum absolute atomic E-state index is 0.00263. The number of nitrogens with zero attached hydrogens (tertiary/aromatic N) is 1. The van der Waals surface area contributed by atoms with Gasteiger partial charge in [-0.3, -0.25) is 0 Å². The van der Waals surface area contributed by atoms with Crippen molar-refractivity contribution >= 4 is 12.0 Å². The molecule has 5 heteroatoms. The highest BCUT2D eigenvalue weighted by Crippen LogP contribution is 2.15. The van der Waals surface area contributed by atoms with Gasteiger partial charge in [-0.1, -0.05) is 12.1 Å². The number of nitrogens with one attached hydrogen (secondary N) is 1. The number of carbonyl (C=O) groups is 2. The maximum absolute atomic E-state index is 11.9. The van der Waals surface area contributed by atoms with Crippen LogP contribution in [-0.2, 0) is 6.42 Å². The number of carboxylic acid groups (broad SMARTS) is 1. The van der Waals surface area contributed by atoms with E-state index in [0.29, 0.717) is 19.0 Å². The average molecular weight is 276 g/mol. The highest BCUT2D eigenvalue weighted by Gasteiger charge is 2.24. The number of benzene rings is 1. The second kappa shape index (κ2) is 6.41. The van der Waals surface area contributed by atoms with Crippen LogP contribution in [0.15, 0.2) is 24.3 Å². The van der Waals surface area contributed by atoms with Gasteiger partial charge in [-0.15, -0.1) is 0 Å². The predicted molar refractivity (Wildman–Crippen MR) is 75.9 cm³/mol. The zero-order valence-corrected chi connectivity index (χ0v) is 11.6. The lowest BCUT2D eigenvalue weighted by atomic mass is 10.1. The number of hydrogen-bond acceptors (Lipinski definition) is 2. The molecular formula is C15H20N2O3. The van der Waals surface area contributed by atoms with E-state index in [4.69, 9.17) is 5.11 Å². The van der Waals surface area contributed by atoms with Crippen molar-refractivity contribution in [2.75, 3.05) is 13.1 Å². The Kier molecular flexibility index (Phi) is 4.61. The summed E-state index contributed by atoms with van der Waals surface area (Å²) in [6, 6.07) is 7.06. The molecule has 1 unspecified atom stereocenters. The molecular weight excluding hydrogens is 256 g/mol. The van der Waals surface area contributed by atoms with E-state index in [2.05, 4.69) is 12.2 Å². The van der Waals surface area contributed by atoms with Gasteiger partial charge in [-0.25, -0.2) is 9.59 Å². The summed E-state index contributed by atoms with van der Waals surface area (Å²) in [5, 5.41) is 11.7. The molecule has 2 rings (SSSR count).